The molecule has 2 fully saturated rings. The van der Waals surface area contributed by atoms with Crippen LogP contribution in [0.5, 0.6) is 5.75 Å². The van der Waals surface area contributed by atoms with E-state index in [0.717, 1.165) is 39.1 Å². The molecule has 0 amide bonds. The largest absolute Gasteiger partial charge is 0.508 e. The number of piperidine rings is 1. The Morgan fingerprint density at radius 2 is 1.81 bits per heavy atom. The zero-order valence-corrected chi connectivity index (χ0v) is 19.1. The van der Waals surface area contributed by atoms with Crippen LogP contribution in [0, 0.1) is 5.92 Å². The number of piperazine rings is 1. The molecule has 3 atom stereocenters. The van der Waals surface area contributed by atoms with Gasteiger partial charge in [0.15, 0.2) is 0 Å². The molecule has 5 rings (SSSR count). The van der Waals surface area contributed by atoms with E-state index in [2.05, 4.69) is 71.1 Å². The average molecular weight is 428 g/mol. The first-order chi connectivity index (χ1) is 15.5. The van der Waals surface area contributed by atoms with Gasteiger partial charge in [0.05, 0.1) is 0 Å². The molecule has 4 nitrogen and oxygen atoms in total. The number of nitrogens with zero attached hydrogens (tertiary/aromatic N) is 3. The molecule has 3 heterocycles. The quantitative estimate of drug-likeness (QED) is 0.640. The summed E-state index contributed by atoms with van der Waals surface area (Å²) in [7, 11) is 0. The first-order valence-corrected chi connectivity index (χ1v) is 11.8. The van der Waals surface area contributed by atoms with E-state index in [1.54, 1.807) is 6.07 Å². The maximum Gasteiger partial charge on any atom is 0.115 e. The van der Waals surface area contributed by atoms with Gasteiger partial charge >= 0.3 is 0 Å². The molecule has 32 heavy (non-hydrogen) atoms. The van der Waals surface area contributed by atoms with Crippen molar-refractivity contribution in [3.63, 3.8) is 0 Å². The molecular weight excluding hydrogens is 394 g/mol. The number of phenols is 1. The zero-order valence-electron chi connectivity index (χ0n) is 19.1. The third kappa shape index (κ3) is 4.05. The number of pyridine rings is 1. The van der Waals surface area contributed by atoms with Crippen molar-refractivity contribution in [2.75, 3.05) is 26.2 Å². The topological polar surface area (TPSA) is 39.6 Å². The van der Waals surface area contributed by atoms with Gasteiger partial charge in [0.2, 0.25) is 0 Å². The highest BCUT2D eigenvalue weighted by atomic mass is 16.3. The van der Waals surface area contributed by atoms with Crippen molar-refractivity contribution in [1.82, 2.24) is 14.8 Å². The van der Waals surface area contributed by atoms with Crippen LogP contribution in [0.2, 0.25) is 0 Å². The Morgan fingerprint density at radius 3 is 2.62 bits per heavy atom. The summed E-state index contributed by atoms with van der Waals surface area (Å²) in [6, 6.07) is 21.4. The fourth-order valence-corrected chi connectivity index (χ4v) is 5.75. The minimum absolute atomic E-state index is 0.0812. The Balaban J connectivity index is 1.35. The first-order valence-electron chi connectivity index (χ1n) is 11.8. The van der Waals surface area contributed by atoms with Gasteiger partial charge in [-0.3, -0.25) is 14.8 Å². The molecule has 1 aromatic heterocycles. The summed E-state index contributed by atoms with van der Waals surface area (Å²) in [5.41, 5.74) is 5.27. The monoisotopic (exact) mass is 427 g/mol. The molecule has 0 spiro atoms. The van der Waals surface area contributed by atoms with E-state index in [1.165, 1.54) is 22.3 Å². The molecule has 4 heteroatoms. The van der Waals surface area contributed by atoms with Crippen molar-refractivity contribution in [2.24, 2.45) is 5.92 Å². The van der Waals surface area contributed by atoms with Crippen LogP contribution in [-0.2, 0) is 12.0 Å². The summed E-state index contributed by atoms with van der Waals surface area (Å²) in [5.74, 6) is 0.927. The summed E-state index contributed by atoms with van der Waals surface area (Å²) in [4.78, 5) is 9.50. The Morgan fingerprint density at radius 1 is 1.00 bits per heavy atom. The van der Waals surface area contributed by atoms with E-state index in [1.807, 2.05) is 24.5 Å². The van der Waals surface area contributed by atoms with Gasteiger partial charge in [0, 0.05) is 51.2 Å². The van der Waals surface area contributed by atoms with Crippen molar-refractivity contribution >= 4 is 0 Å². The third-order valence-electron chi connectivity index (χ3n) is 7.85. The molecule has 0 saturated carbocycles. The Labute approximate surface area is 191 Å². The maximum absolute atomic E-state index is 10.1. The fraction of sp³-hybridized carbons (Fsp3) is 0.393. The summed E-state index contributed by atoms with van der Waals surface area (Å²) in [6.07, 6.45) is 4.87. The lowest BCUT2D eigenvalue weighted by Gasteiger charge is -2.53. The molecule has 1 N–H and O–H groups in total. The molecule has 2 aliphatic heterocycles. The molecule has 3 aromatic rings. The van der Waals surface area contributed by atoms with Gasteiger partial charge in [-0.15, -0.1) is 0 Å². The van der Waals surface area contributed by atoms with Crippen LogP contribution >= 0.6 is 0 Å². The minimum atomic E-state index is 0.0812. The summed E-state index contributed by atoms with van der Waals surface area (Å²) in [6.45, 7) is 10.2. The predicted molar refractivity (Wildman–Crippen MR) is 130 cm³/mol. The van der Waals surface area contributed by atoms with Crippen LogP contribution < -0.4 is 0 Å². The molecular formula is C28H33N3O. The molecule has 166 valence electrons. The van der Waals surface area contributed by atoms with Gasteiger partial charge in [-0.25, -0.2) is 0 Å². The standard InChI is InChI=1S/C28H33N3O/c1-21-18-31-15-14-30(19-23-6-3-4-9-27(23)22-10-12-29-13-11-22)20-25(31)17-28(21,2)24-7-5-8-26(32)16-24/h3-13,16,21,25,32H,14-15,17-20H2,1-2H3. The molecule has 0 bridgehead atoms. The van der Waals surface area contributed by atoms with Crippen LogP contribution in [0.25, 0.3) is 11.1 Å². The normalized spacial score (nSPS) is 26.6. The Bertz CT molecular complexity index is 1070. The molecule has 2 saturated heterocycles. The second kappa shape index (κ2) is 8.68. The lowest BCUT2D eigenvalue weighted by atomic mass is 9.65. The third-order valence-corrected chi connectivity index (χ3v) is 7.85. The fourth-order valence-electron chi connectivity index (χ4n) is 5.75. The van der Waals surface area contributed by atoms with Crippen molar-refractivity contribution in [2.45, 2.75) is 38.3 Å². The highest BCUT2D eigenvalue weighted by molar-refractivity contribution is 5.66. The first kappa shape index (κ1) is 21.2. The number of aromatic hydroxyl groups is 1. The number of aromatic nitrogens is 1. The number of hydrogen-bond donors (Lipinski definition) is 1. The molecule has 0 aliphatic carbocycles. The number of fused-ring (bicyclic) bond motifs is 1. The zero-order chi connectivity index (χ0) is 22.1. The van der Waals surface area contributed by atoms with E-state index < -0.39 is 0 Å². The molecule has 0 radical (unpaired) electrons. The van der Waals surface area contributed by atoms with Crippen molar-refractivity contribution in [3.05, 3.63) is 84.2 Å². The van der Waals surface area contributed by atoms with E-state index in [9.17, 15) is 5.11 Å². The second-order valence-electron chi connectivity index (χ2n) is 9.85. The SMILES string of the molecule is CC1CN2CCN(Cc3ccccc3-c3ccncc3)CC2CC1(C)c1cccc(O)c1. The van der Waals surface area contributed by atoms with Crippen molar-refractivity contribution in [1.29, 1.82) is 0 Å². The van der Waals surface area contributed by atoms with E-state index >= 15 is 0 Å². The smallest absolute Gasteiger partial charge is 0.115 e. The van der Waals surface area contributed by atoms with Gasteiger partial charge in [0.1, 0.15) is 5.75 Å². The summed E-state index contributed by atoms with van der Waals surface area (Å²) < 4.78 is 0. The Hall–Kier alpha value is -2.69. The van der Waals surface area contributed by atoms with Gasteiger partial charge < -0.3 is 5.11 Å². The van der Waals surface area contributed by atoms with Gasteiger partial charge in [0.25, 0.3) is 0 Å². The highest BCUT2D eigenvalue weighted by Crippen LogP contribution is 2.43. The Kier molecular flexibility index (Phi) is 5.75. The van der Waals surface area contributed by atoms with Crippen LogP contribution in [-0.4, -0.2) is 52.1 Å². The maximum atomic E-state index is 10.1. The van der Waals surface area contributed by atoms with Crippen LogP contribution in [0.1, 0.15) is 31.4 Å². The number of rotatable bonds is 4. The summed E-state index contributed by atoms with van der Waals surface area (Å²) >= 11 is 0. The van der Waals surface area contributed by atoms with E-state index in [4.69, 9.17) is 0 Å². The van der Waals surface area contributed by atoms with Gasteiger partial charge in [-0.2, -0.15) is 0 Å². The minimum Gasteiger partial charge on any atom is -0.508 e. The van der Waals surface area contributed by atoms with E-state index in [0.29, 0.717) is 17.7 Å². The lowest BCUT2D eigenvalue weighted by molar-refractivity contribution is -0.00553. The van der Waals surface area contributed by atoms with Crippen LogP contribution in [0.4, 0.5) is 0 Å². The second-order valence-corrected chi connectivity index (χ2v) is 9.85. The molecule has 2 aromatic carbocycles. The highest BCUT2D eigenvalue weighted by Gasteiger charge is 2.44. The molecule has 2 aliphatic rings. The van der Waals surface area contributed by atoms with E-state index in [-0.39, 0.29) is 5.41 Å². The molecule has 3 unspecified atom stereocenters. The van der Waals surface area contributed by atoms with Gasteiger partial charge in [-0.1, -0.05) is 50.2 Å². The summed E-state index contributed by atoms with van der Waals surface area (Å²) in [5, 5.41) is 10.1. The van der Waals surface area contributed by atoms with Crippen molar-refractivity contribution < 1.29 is 5.11 Å². The van der Waals surface area contributed by atoms with Crippen LogP contribution in [0.15, 0.2) is 73.1 Å². The number of hydrogen-bond acceptors (Lipinski definition) is 4. The van der Waals surface area contributed by atoms with Gasteiger partial charge in [-0.05, 0) is 64.3 Å². The number of benzene rings is 2. The van der Waals surface area contributed by atoms with Crippen molar-refractivity contribution in [3.8, 4) is 16.9 Å². The average Bonchev–Trinajstić information content (AvgIpc) is 2.81. The van der Waals surface area contributed by atoms with Crippen LogP contribution in [0.3, 0.4) is 0 Å². The number of phenolic OH excluding ortho intramolecular Hbond substituents is 1. The lowest BCUT2D eigenvalue weighted by Crippen LogP contribution is -2.60. The predicted octanol–water partition coefficient (Wildman–Crippen LogP) is 4.94.